The van der Waals surface area contributed by atoms with Gasteiger partial charge in [0, 0.05) is 33.8 Å². The van der Waals surface area contributed by atoms with E-state index in [1.807, 2.05) is 0 Å². The second-order valence-electron chi connectivity index (χ2n) is 5.91. The molecular formula is C12H34Cl2N2O3Si. The lowest BCUT2D eigenvalue weighted by Gasteiger charge is -2.27. The van der Waals surface area contributed by atoms with Crippen molar-refractivity contribution in [3.8, 4) is 0 Å². The van der Waals surface area contributed by atoms with Crippen molar-refractivity contribution in [2.45, 2.75) is 12.5 Å². The molecule has 0 radical (unpaired) electrons. The number of halogens is 2. The molecule has 0 amide bonds. The Hall–Kier alpha value is 0.597. The monoisotopic (exact) mass is 352 g/mol. The minimum Gasteiger partial charge on any atom is -1.00 e. The van der Waals surface area contributed by atoms with Gasteiger partial charge in [-0.1, -0.05) is 0 Å². The fraction of sp³-hybridized carbons (Fsp3) is 1.00. The maximum Gasteiger partial charge on any atom is 0.500 e. The van der Waals surface area contributed by atoms with Gasteiger partial charge in [-0.15, -0.1) is 0 Å². The average molecular weight is 353 g/mol. The quantitative estimate of drug-likeness (QED) is 0.365. The number of nitrogens with one attached hydrogen (secondary N) is 1. The molecule has 0 aromatic rings. The first-order chi connectivity index (χ1) is 8.12. The Morgan fingerprint density at radius 3 is 1.35 bits per heavy atom. The van der Waals surface area contributed by atoms with Crippen LogP contribution >= 0.6 is 0 Å². The molecule has 0 rings (SSSR count). The van der Waals surface area contributed by atoms with E-state index in [1.54, 1.807) is 21.3 Å². The Kier molecular flexibility index (Phi) is 20.9. The summed E-state index contributed by atoms with van der Waals surface area (Å²) in [7, 11) is 15.4. The molecule has 20 heavy (non-hydrogen) atoms. The van der Waals surface area contributed by atoms with E-state index in [-0.39, 0.29) is 24.8 Å². The Morgan fingerprint density at radius 1 is 0.850 bits per heavy atom. The summed E-state index contributed by atoms with van der Waals surface area (Å²) in [6.45, 7) is 1.10. The molecule has 0 saturated carbocycles. The van der Waals surface area contributed by atoms with E-state index in [2.05, 4.69) is 42.3 Å². The molecule has 0 atom stereocenters. The maximum absolute atomic E-state index is 5.34. The molecule has 0 aliphatic carbocycles. The van der Waals surface area contributed by atoms with E-state index in [0.29, 0.717) is 0 Å². The highest BCUT2D eigenvalue weighted by molar-refractivity contribution is 6.60. The second-order valence-corrected chi connectivity index (χ2v) is 9.00. The normalized spacial score (nSPS) is 11.1. The van der Waals surface area contributed by atoms with E-state index in [4.69, 9.17) is 13.3 Å². The lowest BCUT2D eigenvalue weighted by atomic mass is 10.4. The molecule has 0 aliphatic heterocycles. The first-order valence-electron chi connectivity index (χ1n) is 6.35. The highest BCUT2D eigenvalue weighted by Gasteiger charge is 2.37. The van der Waals surface area contributed by atoms with Crippen LogP contribution in [0.4, 0.5) is 0 Å². The molecule has 1 N–H and O–H groups in total. The lowest BCUT2D eigenvalue weighted by Crippen LogP contribution is -3.02. The van der Waals surface area contributed by atoms with Crippen LogP contribution in [0.5, 0.6) is 0 Å². The zero-order valence-corrected chi connectivity index (χ0v) is 17.1. The predicted molar refractivity (Wildman–Crippen MR) is 77.8 cm³/mol. The third kappa shape index (κ3) is 18.6. The molecule has 0 fully saturated rings. The molecule has 0 spiro atoms. The van der Waals surface area contributed by atoms with E-state index in [9.17, 15) is 0 Å². The number of hydrogen-bond donors (Lipinski definition) is 1. The van der Waals surface area contributed by atoms with Crippen LogP contribution in [0.25, 0.3) is 0 Å². The Balaban J connectivity index is -0.000000188. The van der Waals surface area contributed by atoms with Crippen LogP contribution in [0.1, 0.15) is 6.42 Å². The van der Waals surface area contributed by atoms with Gasteiger partial charge in [-0.05, 0) is 0 Å². The average Bonchev–Trinajstić information content (AvgIpc) is 2.23. The van der Waals surface area contributed by atoms with Crippen LogP contribution in [0.3, 0.4) is 0 Å². The van der Waals surface area contributed by atoms with Crippen molar-refractivity contribution in [2.24, 2.45) is 0 Å². The standard InChI is InChI=1S/C9H24NO3Si.C3H9N.2ClH/c1-10(2,3)8-7-9-14(11-4,12-5)13-6;1-4(2)3;;/h7-9H2,1-6H3;1-3H3;2*1H/q+1;;;/p-1. The van der Waals surface area contributed by atoms with Crippen LogP contribution in [0.15, 0.2) is 0 Å². The number of nitrogens with zero attached hydrogens (tertiary/aromatic N) is 1. The molecule has 0 saturated heterocycles. The fourth-order valence-electron chi connectivity index (χ4n) is 1.33. The van der Waals surface area contributed by atoms with Crippen molar-refractivity contribution in [3.63, 3.8) is 0 Å². The minimum atomic E-state index is -2.33. The van der Waals surface area contributed by atoms with Gasteiger partial charge < -0.3 is 47.5 Å². The summed E-state index contributed by atoms with van der Waals surface area (Å²) in [5, 5.41) is 0. The summed E-state index contributed by atoms with van der Waals surface area (Å²) >= 11 is 0. The highest BCUT2D eigenvalue weighted by Crippen LogP contribution is 2.15. The Labute approximate surface area is 139 Å². The van der Waals surface area contributed by atoms with Crippen molar-refractivity contribution in [1.82, 2.24) is 0 Å². The zero-order chi connectivity index (χ0) is 14.8. The Bertz CT molecular complexity index is 191. The molecule has 8 heteroatoms. The lowest BCUT2D eigenvalue weighted by molar-refractivity contribution is -0.870. The molecule has 0 aromatic carbocycles. The molecular weight excluding hydrogens is 319 g/mol. The first kappa shape index (κ1) is 28.7. The van der Waals surface area contributed by atoms with Crippen LogP contribution in [0.2, 0.25) is 6.04 Å². The van der Waals surface area contributed by atoms with E-state index in [1.165, 1.54) is 4.90 Å². The van der Waals surface area contributed by atoms with Crippen LogP contribution < -0.4 is 29.7 Å². The van der Waals surface area contributed by atoms with Crippen molar-refractivity contribution in [2.75, 3.05) is 70.2 Å². The number of rotatable bonds is 7. The molecule has 128 valence electrons. The van der Waals surface area contributed by atoms with Crippen LogP contribution in [-0.4, -0.2) is 83.4 Å². The van der Waals surface area contributed by atoms with Gasteiger partial charge in [0.2, 0.25) is 0 Å². The molecule has 0 heterocycles. The van der Waals surface area contributed by atoms with Gasteiger partial charge >= 0.3 is 8.80 Å². The summed E-state index contributed by atoms with van der Waals surface area (Å²) in [6, 6.07) is 0.881. The number of quaternary nitrogens is 2. The molecule has 5 nitrogen and oxygen atoms in total. The van der Waals surface area contributed by atoms with E-state index >= 15 is 0 Å². The third-order valence-electron chi connectivity index (χ3n) is 2.24. The fourth-order valence-corrected chi connectivity index (χ4v) is 3.03. The van der Waals surface area contributed by atoms with Gasteiger partial charge in [-0.25, -0.2) is 0 Å². The largest absolute Gasteiger partial charge is 1.00 e. The minimum absolute atomic E-state index is 0. The summed E-state index contributed by atoms with van der Waals surface area (Å²) in [4.78, 5) is 1.42. The topological polar surface area (TPSA) is 32.1 Å². The van der Waals surface area contributed by atoms with Crippen molar-refractivity contribution in [1.29, 1.82) is 0 Å². The van der Waals surface area contributed by atoms with Crippen molar-refractivity contribution < 1.29 is 47.5 Å². The molecule has 0 bridgehead atoms. The van der Waals surface area contributed by atoms with Gasteiger partial charge in [0.1, 0.15) is 0 Å². The SMILES string of the molecule is CO[Si](CCC[N+](C)(C)C)(OC)OC.C[NH+](C)C.[Cl-].[Cl-]. The summed E-state index contributed by atoms with van der Waals surface area (Å²) in [5.41, 5.74) is 0. The zero-order valence-electron chi connectivity index (χ0n) is 14.5. The van der Waals surface area contributed by atoms with Crippen molar-refractivity contribution in [3.05, 3.63) is 0 Å². The maximum atomic E-state index is 5.34. The van der Waals surface area contributed by atoms with Crippen LogP contribution in [-0.2, 0) is 13.3 Å². The molecule has 0 aromatic heterocycles. The second kappa shape index (κ2) is 14.5. The Morgan fingerprint density at radius 2 is 1.15 bits per heavy atom. The summed E-state index contributed by atoms with van der Waals surface area (Å²) in [5.74, 6) is 0. The molecule has 0 aliphatic rings. The van der Waals surface area contributed by atoms with E-state index < -0.39 is 8.80 Å². The molecule has 0 unspecified atom stereocenters. The smallest absolute Gasteiger partial charge is 0.500 e. The van der Waals surface area contributed by atoms with E-state index in [0.717, 1.165) is 23.5 Å². The van der Waals surface area contributed by atoms with Gasteiger partial charge in [0.25, 0.3) is 0 Å². The highest BCUT2D eigenvalue weighted by atomic mass is 35.5. The van der Waals surface area contributed by atoms with Gasteiger partial charge in [-0.2, -0.15) is 0 Å². The van der Waals surface area contributed by atoms with Gasteiger partial charge in [-0.3, -0.25) is 0 Å². The number of hydrogen-bond acceptors (Lipinski definition) is 3. The first-order valence-corrected chi connectivity index (χ1v) is 8.28. The van der Waals surface area contributed by atoms with Gasteiger partial charge in [0.15, 0.2) is 0 Å². The van der Waals surface area contributed by atoms with Crippen LogP contribution in [0, 0.1) is 0 Å². The predicted octanol–water partition coefficient (Wildman–Crippen LogP) is -6.27. The third-order valence-corrected chi connectivity index (χ3v) is 5.08. The summed E-state index contributed by atoms with van der Waals surface area (Å²) in [6.07, 6.45) is 1.06. The van der Waals surface area contributed by atoms with Gasteiger partial charge in [0.05, 0.1) is 48.8 Å². The van der Waals surface area contributed by atoms with Crippen molar-refractivity contribution >= 4 is 8.80 Å². The summed E-state index contributed by atoms with van der Waals surface area (Å²) < 4.78 is 17.0.